The van der Waals surface area contributed by atoms with Crippen LogP contribution in [0.1, 0.15) is 6.92 Å². The molecule has 1 unspecified atom stereocenters. The van der Waals surface area contributed by atoms with E-state index in [-0.39, 0.29) is 9.92 Å². The van der Waals surface area contributed by atoms with Crippen LogP contribution < -0.4 is 10.6 Å². The first kappa shape index (κ1) is 15.7. The molecule has 1 atom stereocenters. The Morgan fingerprint density at radius 3 is 2.71 bits per heavy atom. The van der Waals surface area contributed by atoms with Gasteiger partial charge in [0.25, 0.3) is 0 Å². The molecule has 21 heavy (non-hydrogen) atoms. The number of piperazine rings is 1. The van der Waals surface area contributed by atoms with Gasteiger partial charge in [-0.05, 0) is 13.0 Å². The van der Waals surface area contributed by atoms with E-state index in [4.69, 9.17) is 11.6 Å². The van der Waals surface area contributed by atoms with Crippen molar-refractivity contribution in [2.24, 2.45) is 0 Å². The molecule has 1 aromatic rings. The molecule has 10 heteroatoms. The minimum absolute atomic E-state index is 0.124. The smallest absolute Gasteiger partial charge is 0.245 e. The molecule has 0 aliphatic carbocycles. The lowest BCUT2D eigenvalue weighted by Gasteiger charge is -2.30. The first-order valence-electron chi connectivity index (χ1n) is 5.96. The minimum Gasteiger partial charge on any atom is -0.372 e. The van der Waals surface area contributed by atoms with E-state index in [1.165, 1.54) is 13.0 Å². The van der Waals surface area contributed by atoms with E-state index in [0.717, 1.165) is 10.5 Å². The molecule has 0 radical (unpaired) electrons. The van der Waals surface area contributed by atoms with Crippen molar-refractivity contribution >= 4 is 39.3 Å². The molecule has 1 aliphatic rings. The van der Waals surface area contributed by atoms with Crippen LogP contribution in [0.25, 0.3) is 0 Å². The Morgan fingerprint density at radius 2 is 2.14 bits per heavy atom. The number of pyridine rings is 1. The highest BCUT2D eigenvalue weighted by molar-refractivity contribution is 7.89. The number of halogens is 1. The summed E-state index contributed by atoms with van der Waals surface area (Å²) < 4.78 is 25.9. The largest absolute Gasteiger partial charge is 0.372 e. The maximum atomic E-state index is 12.5. The number of amides is 2. The van der Waals surface area contributed by atoms with Gasteiger partial charge in [0, 0.05) is 13.2 Å². The van der Waals surface area contributed by atoms with Gasteiger partial charge in [0.1, 0.15) is 16.8 Å². The summed E-state index contributed by atoms with van der Waals surface area (Å²) in [7, 11) is -2.45. The molecule has 0 saturated carbocycles. The molecule has 2 rings (SSSR count). The number of nitrogens with zero attached hydrogens (tertiary/aromatic N) is 2. The predicted molar refractivity (Wildman–Crippen MR) is 75.3 cm³/mol. The van der Waals surface area contributed by atoms with Gasteiger partial charge in [-0.15, -0.1) is 0 Å². The van der Waals surface area contributed by atoms with Crippen molar-refractivity contribution in [1.29, 1.82) is 0 Å². The average Bonchev–Trinajstić information content (AvgIpc) is 2.42. The zero-order valence-corrected chi connectivity index (χ0v) is 12.8. The highest BCUT2D eigenvalue weighted by Gasteiger charge is 2.39. The maximum Gasteiger partial charge on any atom is 0.245 e. The molecule has 8 nitrogen and oxygen atoms in total. The Labute approximate surface area is 126 Å². The summed E-state index contributed by atoms with van der Waals surface area (Å²) in [5.74, 6) is -1.01. The molecule has 0 spiro atoms. The topological polar surface area (TPSA) is 108 Å². The number of rotatable bonds is 3. The van der Waals surface area contributed by atoms with E-state index >= 15 is 0 Å². The lowest BCUT2D eigenvalue weighted by molar-refractivity contribution is -0.136. The molecule has 1 saturated heterocycles. The van der Waals surface area contributed by atoms with Crippen molar-refractivity contribution < 1.29 is 18.0 Å². The van der Waals surface area contributed by atoms with E-state index in [0.29, 0.717) is 5.82 Å². The Balaban J connectivity index is 2.43. The number of carbonyl (C=O) groups excluding carboxylic acids is 2. The number of imide groups is 1. The lowest BCUT2D eigenvalue weighted by atomic mass is 10.2. The Kier molecular flexibility index (Phi) is 4.17. The summed E-state index contributed by atoms with van der Waals surface area (Å²) in [5, 5.41) is 4.91. The average molecular weight is 333 g/mol. The second kappa shape index (κ2) is 5.58. The van der Waals surface area contributed by atoms with Gasteiger partial charge in [-0.3, -0.25) is 14.9 Å². The van der Waals surface area contributed by atoms with Crippen LogP contribution >= 0.6 is 11.6 Å². The van der Waals surface area contributed by atoms with Crippen molar-refractivity contribution in [3.05, 3.63) is 17.3 Å². The third-order valence-electron chi connectivity index (χ3n) is 3.03. The van der Waals surface area contributed by atoms with Crippen LogP contribution in [0.3, 0.4) is 0 Å². The molecule has 1 aliphatic heterocycles. The molecule has 1 fully saturated rings. The Morgan fingerprint density at radius 1 is 1.48 bits per heavy atom. The van der Waals surface area contributed by atoms with E-state index < -0.39 is 34.4 Å². The molecule has 2 heterocycles. The zero-order chi connectivity index (χ0) is 15.8. The van der Waals surface area contributed by atoms with Crippen LogP contribution in [0.2, 0.25) is 5.02 Å². The van der Waals surface area contributed by atoms with Crippen LogP contribution in [-0.2, 0) is 19.6 Å². The fourth-order valence-electron chi connectivity index (χ4n) is 1.86. The summed E-state index contributed by atoms with van der Waals surface area (Å²) >= 11 is 5.91. The summed E-state index contributed by atoms with van der Waals surface area (Å²) in [4.78, 5) is 26.7. The summed E-state index contributed by atoms with van der Waals surface area (Å²) in [5.41, 5.74) is 0. The van der Waals surface area contributed by atoms with E-state index in [1.807, 2.05) is 0 Å². The molecule has 2 amide bonds. The molecule has 2 N–H and O–H groups in total. The van der Waals surface area contributed by atoms with Crippen LogP contribution in [0.5, 0.6) is 0 Å². The standard InChI is InChI=1S/C11H13ClN4O4S/c1-6-11(18)15-9(17)5-16(6)21(19,20)7-3-8(12)10(13-2)14-4-7/h3-4,6H,5H2,1-2H3,(H,13,14)(H,15,17,18). The number of hydrogen-bond donors (Lipinski definition) is 2. The Bertz CT molecular complexity index is 706. The van der Waals surface area contributed by atoms with Crippen molar-refractivity contribution in [2.75, 3.05) is 18.9 Å². The van der Waals surface area contributed by atoms with Crippen molar-refractivity contribution in [1.82, 2.24) is 14.6 Å². The highest BCUT2D eigenvalue weighted by Crippen LogP contribution is 2.25. The van der Waals surface area contributed by atoms with Gasteiger partial charge in [-0.25, -0.2) is 13.4 Å². The van der Waals surface area contributed by atoms with Gasteiger partial charge in [0.2, 0.25) is 21.8 Å². The third kappa shape index (κ3) is 2.85. The number of hydrogen-bond acceptors (Lipinski definition) is 6. The lowest BCUT2D eigenvalue weighted by Crippen LogP contribution is -2.58. The van der Waals surface area contributed by atoms with E-state index in [1.54, 1.807) is 7.05 Å². The van der Waals surface area contributed by atoms with E-state index in [9.17, 15) is 18.0 Å². The molecule has 0 bridgehead atoms. The van der Waals surface area contributed by atoms with Gasteiger partial charge in [0.05, 0.1) is 11.6 Å². The zero-order valence-electron chi connectivity index (χ0n) is 11.3. The second-order valence-corrected chi connectivity index (χ2v) is 6.69. The van der Waals surface area contributed by atoms with Crippen molar-refractivity contribution in [3.63, 3.8) is 0 Å². The first-order chi connectivity index (χ1) is 9.77. The second-order valence-electron chi connectivity index (χ2n) is 4.39. The van der Waals surface area contributed by atoms with Crippen LogP contribution in [0, 0.1) is 0 Å². The molecule has 0 aromatic carbocycles. The number of aromatic nitrogens is 1. The van der Waals surface area contributed by atoms with Crippen molar-refractivity contribution in [3.8, 4) is 0 Å². The Hall–Kier alpha value is -1.71. The fraction of sp³-hybridized carbons (Fsp3) is 0.364. The SMILES string of the molecule is CNc1ncc(S(=O)(=O)N2CC(=O)NC(=O)C2C)cc1Cl. The predicted octanol–water partition coefficient (Wildman–Crippen LogP) is -0.188. The van der Waals surface area contributed by atoms with E-state index in [2.05, 4.69) is 15.6 Å². The quantitative estimate of drug-likeness (QED) is 0.743. The van der Waals surface area contributed by atoms with Gasteiger partial charge in [-0.1, -0.05) is 11.6 Å². The summed E-state index contributed by atoms with van der Waals surface area (Å²) in [6.07, 6.45) is 1.12. The van der Waals surface area contributed by atoms with Crippen LogP contribution in [0.4, 0.5) is 5.82 Å². The number of carbonyl (C=O) groups is 2. The number of sulfonamides is 1. The molecule has 1 aromatic heterocycles. The highest BCUT2D eigenvalue weighted by atomic mass is 35.5. The first-order valence-corrected chi connectivity index (χ1v) is 7.78. The van der Waals surface area contributed by atoms with Gasteiger partial charge >= 0.3 is 0 Å². The number of nitrogens with one attached hydrogen (secondary N) is 2. The monoisotopic (exact) mass is 332 g/mol. The number of anilines is 1. The third-order valence-corrected chi connectivity index (χ3v) is 5.20. The minimum atomic E-state index is -4.05. The molecule has 114 valence electrons. The van der Waals surface area contributed by atoms with Gasteiger partial charge in [0.15, 0.2) is 0 Å². The molecular weight excluding hydrogens is 320 g/mol. The van der Waals surface area contributed by atoms with Crippen LogP contribution in [-0.4, -0.2) is 49.2 Å². The molecular formula is C11H13ClN4O4S. The van der Waals surface area contributed by atoms with Crippen molar-refractivity contribution in [2.45, 2.75) is 17.9 Å². The normalized spacial score (nSPS) is 20.2. The van der Waals surface area contributed by atoms with Gasteiger partial charge in [-0.2, -0.15) is 4.31 Å². The summed E-state index contributed by atoms with van der Waals surface area (Å²) in [6, 6.07) is 0.231. The summed E-state index contributed by atoms with van der Waals surface area (Å²) in [6.45, 7) is 0.969. The van der Waals surface area contributed by atoms with Gasteiger partial charge < -0.3 is 5.32 Å². The maximum absolute atomic E-state index is 12.5. The fourth-order valence-corrected chi connectivity index (χ4v) is 3.71. The van der Waals surface area contributed by atoms with Crippen LogP contribution in [0.15, 0.2) is 17.2 Å².